The molecule has 0 unspecified atom stereocenters. The van der Waals surface area contributed by atoms with Gasteiger partial charge in [-0.2, -0.15) is 0 Å². The second-order valence-corrected chi connectivity index (χ2v) is 8.40. The first-order valence-electron chi connectivity index (χ1n) is 9.24. The monoisotopic (exact) mass is 384 g/mol. The first kappa shape index (κ1) is 17.9. The number of rotatable bonds is 4. The van der Waals surface area contributed by atoms with Gasteiger partial charge in [0.15, 0.2) is 5.82 Å². The highest BCUT2D eigenvalue weighted by molar-refractivity contribution is 7.13. The summed E-state index contributed by atoms with van der Waals surface area (Å²) in [5.41, 5.74) is 0. The van der Waals surface area contributed by atoms with Gasteiger partial charge in [-0.25, -0.2) is 4.98 Å². The van der Waals surface area contributed by atoms with Gasteiger partial charge in [-0.1, -0.05) is 0 Å². The zero-order valence-electron chi connectivity index (χ0n) is 15.9. The normalized spacial score (nSPS) is 15.4. The molecule has 0 bridgehead atoms. The minimum atomic E-state index is 0.154. The van der Waals surface area contributed by atoms with E-state index in [9.17, 15) is 4.79 Å². The molecule has 3 aromatic rings. The summed E-state index contributed by atoms with van der Waals surface area (Å²) in [7, 11) is 2.03. The maximum Gasteiger partial charge on any atom is 0.263 e. The lowest BCUT2D eigenvalue weighted by molar-refractivity contribution is 0.0715. The van der Waals surface area contributed by atoms with E-state index in [-0.39, 0.29) is 5.91 Å². The topological polar surface area (TPSA) is 68.8 Å². The van der Waals surface area contributed by atoms with Crippen LogP contribution in [0.3, 0.4) is 0 Å². The summed E-state index contributed by atoms with van der Waals surface area (Å²) >= 11 is 1.57. The predicted octanol–water partition coefficient (Wildman–Crippen LogP) is 2.76. The number of imidazole rings is 1. The van der Waals surface area contributed by atoms with Crippen molar-refractivity contribution in [3.63, 3.8) is 0 Å². The fourth-order valence-electron chi connectivity index (χ4n) is 3.64. The van der Waals surface area contributed by atoms with Gasteiger partial charge in [0, 0.05) is 43.3 Å². The third-order valence-corrected chi connectivity index (χ3v) is 6.32. The molecule has 0 aromatic carbocycles. The Morgan fingerprint density at radius 2 is 2.00 bits per heavy atom. The Hall–Kier alpha value is -2.48. The number of piperidine rings is 1. The van der Waals surface area contributed by atoms with Crippen molar-refractivity contribution >= 4 is 17.2 Å². The Morgan fingerprint density at radius 3 is 2.63 bits per heavy atom. The molecule has 1 saturated heterocycles. The van der Waals surface area contributed by atoms with Crippen molar-refractivity contribution in [3.8, 4) is 0 Å². The van der Waals surface area contributed by atoms with Crippen molar-refractivity contribution in [3.05, 3.63) is 51.8 Å². The number of carbonyl (C=O) groups excluding carboxylic acids is 1. The lowest BCUT2D eigenvalue weighted by atomic mass is 9.96. The molecule has 4 rings (SSSR count). The number of hydrogen-bond donors (Lipinski definition) is 0. The molecule has 1 aliphatic heterocycles. The Balaban J connectivity index is 1.41. The molecule has 0 aliphatic carbocycles. The smallest absolute Gasteiger partial charge is 0.263 e. The summed E-state index contributed by atoms with van der Waals surface area (Å²) in [6.45, 7) is 6.22. The van der Waals surface area contributed by atoms with Crippen LogP contribution in [0, 0.1) is 13.8 Å². The fourth-order valence-corrected chi connectivity index (χ4v) is 4.47. The molecule has 27 heavy (non-hydrogen) atoms. The van der Waals surface area contributed by atoms with Crippen LogP contribution in [-0.2, 0) is 13.6 Å². The van der Waals surface area contributed by atoms with Crippen LogP contribution in [-0.4, -0.2) is 48.2 Å². The summed E-state index contributed by atoms with van der Waals surface area (Å²) in [4.78, 5) is 20.9. The summed E-state index contributed by atoms with van der Waals surface area (Å²) in [5, 5.41) is 8.86. The first-order valence-corrected chi connectivity index (χ1v) is 10.1. The fraction of sp³-hybridized carbons (Fsp3) is 0.474. The van der Waals surface area contributed by atoms with E-state index in [0.29, 0.717) is 12.5 Å². The highest BCUT2D eigenvalue weighted by Crippen LogP contribution is 2.28. The van der Waals surface area contributed by atoms with Crippen LogP contribution in [0.4, 0.5) is 0 Å². The van der Waals surface area contributed by atoms with E-state index >= 15 is 0 Å². The standard InChI is InChI=1S/C19H24N6OS/c1-13-4-5-16(27-13)19(26)24-9-6-15(7-10-24)18-22-21-17(23(18)3)12-25-11-8-20-14(25)2/h4-5,8,11,15H,6-7,9-10,12H2,1-3H3. The minimum absolute atomic E-state index is 0.154. The molecule has 7 nitrogen and oxygen atoms in total. The number of nitrogens with zero attached hydrogens (tertiary/aromatic N) is 6. The summed E-state index contributed by atoms with van der Waals surface area (Å²) < 4.78 is 4.17. The number of likely N-dealkylation sites (tertiary alicyclic amines) is 1. The number of hydrogen-bond acceptors (Lipinski definition) is 5. The molecule has 0 spiro atoms. The maximum atomic E-state index is 12.6. The van der Waals surface area contributed by atoms with E-state index in [1.807, 2.05) is 44.1 Å². The van der Waals surface area contributed by atoms with Crippen molar-refractivity contribution in [2.75, 3.05) is 13.1 Å². The van der Waals surface area contributed by atoms with Crippen molar-refractivity contribution in [1.82, 2.24) is 29.2 Å². The zero-order valence-corrected chi connectivity index (χ0v) is 16.7. The highest BCUT2D eigenvalue weighted by atomic mass is 32.1. The average Bonchev–Trinajstić information content (AvgIpc) is 3.37. The molecule has 4 heterocycles. The van der Waals surface area contributed by atoms with E-state index in [4.69, 9.17) is 0 Å². The van der Waals surface area contributed by atoms with Gasteiger partial charge in [-0.05, 0) is 38.8 Å². The number of amides is 1. The highest BCUT2D eigenvalue weighted by Gasteiger charge is 2.28. The van der Waals surface area contributed by atoms with E-state index < -0.39 is 0 Å². The van der Waals surface area contributed by atoms with Gasteiger partial charge in [0.1, 0.15) is 11.6 Å². The van der Waals surface area contributed by atoms with Gasteiger partial charge in [-0.15, -0.1) is 21.5 Å². The van der Waals surface area contributed by atoms with E-state index in [1.54, 1.807) is 17.5 Å². The SMILES string of the molecule is Cc1ccc(C(=O)N2CCC(c3nnc(Cn4ccnc4C)n3C)CC2)s1. The van der Waals surface area contributed by atoms with Gasteiger partial charge >= 0.3 is 0 Å². The van der Waals surface area contributed by atoms with Crippen LogP contribution in [0.2, 0.25) is 0 Å². The Labute approximate surface area is 162 Å². The number of thiophene rings is 1. The minimum Gasteiger partial charge on any atom is -0.338 e. The Morgan fingerprint density at radius 1 is 1.22 bits per heavy atom. The summed E-state index contributed by atoms with van der Waals surface area (Å²) in [6, 6.07) is 3.94. The van der Waals surface area contributed by atoms with Crippen LogP contribution < -0.4 is 0 Å². The molecule has 1 amide bonds. The van der Waals surface area contributed by atoms with Crippen LogP contribution in [0.15, 0.2) is 24.5 Å². The average molecular weight is 385 g/mol. The lowest BCUT2D eigenvalue weighted by Gasteiger charge is -2.31. The Kier molecular flexibility index (Phi) is 4.82. The second kappa shape index (κ2) is 7.26. The van der Waals surface area contributed by atoms with Gasteiger partial charge in [0.2, 0.25) is 0 Å². The van der Waals surface area contributed by atoms with Gasteiger partial charge in [0.25, 0.3) is 5.91 Å². The molecule has 1 fully saturated rings. The van der Waals surface area contributed by atoms with Gasteiger partial charge in [0.05, 0.1) is 11.4 Å². The molecular formula is C19H24N6OS. The van der Waals surface area contributed by atoms with Crippen molar-refractivity contribution in [1.29, 1.82) is 0 Å². The molecule has 0 saturated carbocycles. The number of aromatic nitrogens is 5. The van der Waals surface area contributed by atoms with E-state index in [1.165, 1.54) is 4.88 Å². The number of carbonyl (C=O) groups is 1. The van der Waals surface area contributed by atoms with Gasteiger partial charge in [-0.3, -0.25) is 4.79 Å². The van der Waals surface area contributed by atoms with Crippen molar-refractivity contribution in [2.24, 2.45) is 7.05 Å². The molecule has 0 atom stereocenters. The second-order valence-electron chi connectivity index (χ2n) is 7.11. The predicted molar refractivity (Wildman–Crippen MR) is 104 cm³/mol. The number of aryl methyl sites for hydroxylation is 2. The van der Waals surface area contributed by atoms with Crippen LogP contribution in [0.1, 0.15) is 50.8 Å². The quantitative estimate of drug-likeness (QED) is 0.694. The van der Waals surface area contributed by atoms with Gasteiger partial charge < -0.3 is 14.0 Å². The largest absolute Gasteiger partial charge is 0.338 e. The third-order valence-electron chi connectivity index (χ3n) is 5.33. The molecule has 1 aliphatic rings. The zero-order chi connectivity index (χ0) is 19.0. The van der Waals surface area contributed by atoms with Crippen LogP contribution >= 0.6 is 11.3 Å². The first-order chi connectivity index (χ1) is 13.0. The van der Waals surface area contributed by atoms with Crippen molar-refractivity contribution < 1.29 is 4.79 Å². The maximum absolute atomic E-state index is 12.6. The molecule has 0 radical (unpaired) electrons. The lowest BCUT2D eigenvalue weighted by Crippen LogP contribution is -2.38. The molecule has 0 N–H and O–H groups in total. The Bertz CT molecular complexity index is 947. The van der Waals surface area contributed by atoms with Crippen LogP contribution in [0.25, 0.3) is 0 Å². The van der Waals surface area contributed by atoms with E-state index in [2.05, 4.69) is 24.3 Å². The van der Waals surface area contributed by atoms with E-state index in [0.717, 1.165) is 48.3 Å². The van der Waals surface area contributed by atoms with Crippen LogP contribution in [0.5, 0.6) is 0 Å². The third kappa shape index (κ3) is 3.53. The summed E-state index contributed by atoms with van der Waals surface area (Å²) in [5.74, 6) is 3.41. The molecular weight excluding hydrogens is 360 g/mol. The molecule has 8 heteroatoms. The van der Waals surface area contributed by atoms with Crippen molar-refractivity contribution in [2.45, 2.75) is 39.2 Å². The molecule has 142 valence electrons. The summed E-state index contributed by atoms with van der Waals surface area (Å²) in [6.07, 6.45) is 5.60. The molecule has 3 aromatic heterocycles.